The van der Waals surface area contributed by atoms with E-state index in [1.54, 1.807) is 0 Å². The van der Waals surface area contributed by atoms with Gasteiger partial charge in [-0.3, -0.25) is 0 Å². The lowest BCUT2D eigenvalue weighted by atomic mass is 10.2. The van der Waals surface area contributed by atoms with Crippen molar-refractivity contribution in [2.75, 3.05) is 31.2 Å². The molecule has 114 valence electrons. The second-order valence-corrected chi connectivity index (χ2v) is 5.23. The Balaban J connectivity index is 2.14. The molecule has 6 nitrogen and oxygen atoms in total. The largest absolute Gasteiger partial charge is 0.390 e. The molecule has 0 amide bonds. The highest BCUT2D eigenvalue weighted by atomic mass is 16.5. The summed E-state index contributed by atoms with van der Waals surface area (Å²) in [7, 11) is 0. The molecule has 0 radical (unpaired) electrons. The second kappa shape index (κ2) is 5.99. The zero-order valence-corrected chi connectivity index (χ0v) is 12.7. The van der Waals surface area contributed by atoms with Crippen molar-refractivity contribution in [3.63, 3.8) is 0 Å². The molecule has 3 rings (SSSR count). The van der Waals surface area contributed by atoms with Gasteiger partial charge in [0.1, 0.15) is 5.82 Å². The van der Waals surface area contributed by atoms with Crippen molar-refractivity contribution < 1.29 is 9.84 Å². The molecular weight excluding hydrogens is 268 g/mol. The minimum atomic E-state index is -0.0391. The van der Waals surface area contributed by atoms with Crippen LogP contribution >= 0.6 is 0 Å². The second-order valence-electron chi connectivity index (χ2n) is 5.23. The van der Waals surface area contributed by atoms with Crippen LogP contribution in [0.15, 0.2) is 6.07 Å². The van der Waals surface area contributed by atoms with Gasteiger partial charge >= 0.3 is 0 Å². The first-order chi connectivity index (χ1) is 10.3. The number of hydrogen-bond acceptors (Lipinski definition) is 5. The fourth-order valence-corrected chi connectivity index (χ4v) is 2.84. The van der Waals surface area contributed by atoms with Crippen molar-refractivity contribution in [2.45, 2.75) is 33.3 Å². The predicted octanol–water partition coefficient (Wildman–Crippen LogP) is 1.18. The molecule has 3 heterocycles. The molecule has 1 N–H and O–H groups in total. The Morgan fingerprint density at radius 2 is 2.00 bits per heavy atom. The van der Waals surface area contributed by atoms with E-state index in [4.69, 9.17) is 9.84 Å². The van der Waals surface area contributed by atoms with Gasteiger partial charge < -0.3 is 14.7 Å². The number of fused-ring (bicyclic) bond motifs is 1. The quantitative estimate of drug-likeness (QED) is 0.916. The SMILES string of the molecule is CCc1cc(N2CCOCC2)nn2c(CC)c(CO)nc12. The molecule has 0 atom stereocenters. The third-order valence-corrected chi connectivity index (χ3v) is 4.02. The number of nitrogens with zero attached hydrogens (tertiary/aromatic N) is 4. The Bertz CT molecular complexity index is 632. The number of aromatic nitrogens is 3. The fourth-order valence-electron chi connectivity index (χ4n) is 2.84. The van der Waals surface area contributed by atoms with Crippen molar-refractivity contribution in [3.05, 3.63) is 23.0 Å². The van der Waals surface area contributed by atoms with Crippen molar-refractivity contribution >= 4 is 11.5 Å². The normalized spacial score (nSPS) is 15.9. The van der Waals surface area contributed by atoms with Gasteiger partial charge in [-0.1, -0.05) is 13.8 Å². The van der Waals surface area contributed by atoms with Crippen molar-refractivity contribution in [3.8, 4) is 0 Å². The summed E-state index contributed by atoms with van der Waals surface area (Å²) in [5.41, 5.74) is 3.77. The molecule has 0 unspecified atom stereocenters. The van der Waals surface area contributed by atoms with E-state index in [0.717, 1.165) is 62.0 Å². The molecule has 0 bridgehead atoms. The molecule has 2 aromatic heterocycles. The zero-order valence-electron chi connectivity index (χ0n) is 12.7. The molecule has 1 fully saturated rings. The first-order valence-electron chi connectivity index (χ1n) is 7.62. The average Bonchev–Trinajstić information content (AvgIpc) is 2.92. The first-order valence-corrected chi connectivity index (χ1v) is 7.62. The van der Waals surface area contributed by atoms with E-state index in [0.29, 0.717) is 0 Å². The van der Waals surface area contributed by atoms with E-state index in [-0.39, 0.29) is 6.61 Å². The molecule has 1 aliphatic heterocycles. The van der Waals surface area contributed by atoms with E-state index >= 15 is 0 Å². The lowest BCUT2D eigenvalue weighted by molar-refractivity contribution is 0.122. The van der Waals surface area contributed by atoms with Crippen LogP contribution in [0.2, 0.25) is 0 Å². The summed E-state index contributed by atoms with van der Waals surface area (Å²) in [6, 6.07) is 2.12. The molecular formula is C15H22N4O2. The van der Waals surface area contributed by atoms with Crippen LogP contribution in [-0.2, 0) is 24.2 Å². The summed E-state index contributed by atoms with van der Waals surface area (Å²) in [6.45, 7) is 7.37. The number of morpholine rings is 1. The number of aliphatic hydroxyl groups excluding tert-OH is 1. The Labute approximate surface area is 124 Å². The average molecular weight is 290 g/mol. The van der Waals surface area contributed by atoms with Crippen LogP contribution in [0.1, 0.15) is 30.8 Å². The molecule has 21 heavy (non-hydrogen) atoms. The maximum absolute atomic E-state index is 9.50. The molecule has 0 saturated carbocycles. The van der Waals surface area contributed by atoms with Crippen molar-refractivity contribution in [2.24, 2.45) is 0 Å². The van der Waals surface area contributed by atoms with E-state index in [1.807, 2.05) is 4.52 Å². The van der Waals surface area contributed by atoms with Crippen molar-refractivity contribution in [1.29, 1.82) is 0 Å². The van der Waals surface area contributed by atoms with Crippen LogP contribution in [0, 0.1) is 0 Å². The summed E-state index contributed by atoms with van der Waals surface area (Å²) in [5, 5.41) is 14.3. The number of anilines is 1. The Morgan fingerprint density at radius 1 is 1.24 bits per heavy atom. The maximum Gasteiger partial charge on any atom is 0.157 e. The third-order valence-electron chi connectivity index (χ3n) is 4.02. The number of imidazole rings is 1. The predicted molar refractivity (Wildman–Crippen MR) is 80.7 cm³/mol. The zero-order chi connectivity index (χ0) is 14.8. The summed E-state index contributed by atoms with van der Waals surface area (Å²) in [4.78, 5) is 6.82. The highest BCUT2D eigenvalue weighted by Crippen LogP contribution is 2.22. The van der Waals surface area contributed by atoms with Crippen LogP contribution in [0.25, 0.3) is 5.65 Å². The first kappa shape index (κ1) is 14.3. The smallest absolute Gasteiger partial charge is 0.157 e. The van der Waals surface area contributed by atoms with Crippen LogP contribution in [-0.4, -0.2) is 46.0 Å². The number of aryl methyl sites for hydroxylation is 2. The number of aliphatic hydroxyl groups is 1. The van der Waals surface area contributed by atoms with Gasteiger partial charge in [0, 0.05) is 18.7 Å². The van der Waals surface area contributed by atoms with Crippen LogP contribution < -0.4 is 4.90 Å². The monoisotopic (exact) mass is 290 g/mol. The van der Waals surface area contributed by atoms with Gasteiger partial charge in [-0.05, 0) is 18.9 Å². The number of ether oxygens (including phenoxy) is 1. The highest BCUT2D eigenvalue weighted by molar-refractivity contribution is 5.55. The Hall–Kier alpha value is -1.66. The lowest BCUT2D eigenvalue weighted by Crippen LogP contribution is -2.37. The van der Waals surface area contributed by atoms with Crippen LogP contribution in [0.4, 0.5) is 5.82 Å². The van der Waals surface area contributed by atoms with Gasteiger partial charge in [-0.2, -0.15) is 0 Å². The topological polar surface area (TPSA) is 62.9 Å². The third kappa shape index (κ3) is 2.49. The molecule has 0 aliphatic carbocycles. The van der Waals surface area contributed by atoms with Gasteiger partial charge in [0.25, 0.3) is 0 Å². The summed E-state index contributed by atoms with van der Waals surface area (Å²) in [6.07, 6.45) is 1.70. The maximum atomic E-state index is 9.50. The standard InChI is InChI=1S/C15H22N4O2/c1-3-11-9-14(18-5-7-21-8-6-18)17-19-13(4-2)12(10-20)16-15(11)19/h9,20H,3-8,10H2,1-2H3. The van der Waals surface area contributed by atoms with E-state index < -0.39 is 0 Å². The lowest BCUT2D eigenvalue weighted by Gasteiger charge is -2.28. The molecule has 0 spiro atoms. The van der Waals surface area contributed by atoms with Gasteiger partial charge in [-0.15, -0.1) is 5.10 Å². The minimum absolute atomic E-state index is 0.0391. The van der Waals surface area contributed by atoms with Crippen LogP contribution in [0.3, 0.4) is 0 Å². The summed E-state index contributed by atoms with van der Waals surface area (Å²) < 4.78 is 7.32. The Morgan fingerprint density at radius 3 is 2.62 bits per heavy atom. The molecule has 6 heteroatoms. The summed E-state index contributed by atoms with van der Waals surface area (Å²) >= 11 is 0. The Kier molecular flexibility index (Phi) is 4.07. The van der Waals surface area contributed by atoms with Gasteiger partial charge in [0.2, 0.25) is 0 Å². The molecule has 1 aliphatic rings. The van der Waals surface area contributed by atoms with Crippen molar-refractivity contribution in [1.82, 2.24) is 14.6 Å². The molecule has 2 aromatic rings. The summed E-state index contributed by atoms with van der Waals surface area (Å²) in [5.74, 6) is 0.972. The molecule has 0 aromatic carbocycles. The van der Waals surface area contributed by atoms with Gasteiger partial charge in [0.15, 0.2) is 5.65 Å². The fraction of sp³-hybridized carbons (Fsp3) is 0.600. The van der Waals surface area contributed by atoms with E-state index in [9.17, 15) is 5.11 Å². The number of hydrogen-bond donors (Lipinski definition) is 1. The number of rotatable bonds is 4. The highest BCUT2D eigenvalue weighted by Gasteiger charge is 2.18. The van der Waals surface area contributed by atoms with Gasteiger partial charge in [0.05, 0.1) is 31.2 Å². The van der Waals surface area contributed by atoms with Crippen LogP contribution in [0.5, 0.6) is 0 Å². The van der Waals surface area contributed by atoms with Gasteiger partial charge in [-0.25, -0.2) is 9.50 Å². The van der Waals surface area contributed by atoms with E-state index in [1.165, 1.54) is 5.56 Å². The van der Waals surface area contributed by atoms with E-state index in [2.05, 4.69) is 29.8 Å². The molecule has 1 saturated heterocycles. The minimum Gasteiger partial charge on any atom is -0.390 e.